The zero-order chi connectivity index (χ0) is 13.8. The summed E-state index contributed by atoms with van der Waals surface area (Å²) in [6.07, 6.45) is 0. The maximum Gasteiger partial charge on any atom is 0.224 e. The molecular formula is C14H12INO2S. The Kier molecular flexibility index (Phi) is 4.71. The molecule has 0 radical (unpaired) electrons. The van der Waals surface area contributed by atoms with Gasteiger partial charge in [0.15, 0.2) is 0 Å². The lowest BCUT2D eigenvalue weighted by molar-refractivity contribution is 0.108. The van der Waals surface area contributed by atoms with E-state index in [2.05, 4.69) is 22.6 Å². The van der Waals surface area contributed by atoms with Gasteiger partial charge >= 0.3 is 0 Å². The summed E-state index contributed by atoms with van der Waals surface area (Å²) >= 11 is 3.28. The van der Waals surface area contributed by atoms with Crippen LogP contribution in [0.2, 0.25) is 0 Å². The summed E-state index contributed by atoms with van der Waals surface area (Å²) in [5.41, 5.74) is 7.08. The van der Waals surface area contributed by atoms with Crippen LogP contribution in [-0.2, 0) is 0 Å². The number of thioether (sulfide) groups is 1. The summed E-state index contributed by atoms with van der Waals surface area (Å²) in [5.74, 6) is 0.765. The summed E-state index contributed by atoms with van der Waals surface area (Å²) in [4.78, 5) is 13.0. The first-order valence-electron chi connectivity index (χ1n) is 5.52. The molecule has 2 rings (SSSR count). The number of carbonyl (C=O) groups is 1. The van der Waals surface area contributed by atoms with E-state index in [1.807, 2.05) is 24.3 Å². The molecule has 0 saturated heterocycles. The van der Waals surface area contributed by atoms with Crippen molar-refractivity contribution in [3.05, 3.63) is 51.6 Å². The highest BCUT2D eigenvalue weighted by molar-refractivity contribution is 14.1. The van der Waals surface area contributed by atoms with Crippen molar-refractivity contribution >= 4 is 45.2 Å². The summed E-state index contributed by atoms with van der Waals surface area (Å²) in [7, 11) is 1.61. The third-order valence-electron chi connectivity index (χ3n) is 2.51. The summed E-state index contributed by atoms with van der Waals surface area (Å²) < 4.78 is 6.08. The molecule has 0 aliphatic heterocycles. The SMILES string of the molecule is COc1ccc(C(=O)Sc2ccccc2N)cc1I. The average molecular weight is 385 g/mol. The van der Waals surface area contributed by atoms with Gasteiger partial charge in [0.2, 0.25) is 5.12 Å². The second-order valence-corrected chi connectivity index (χ2v) is 5.95. The van der Waals surface area contributed by atoms with Gasteiger partial charge < -0.3 is 10.5 Å². The maximum atomic E-state index is 12.2. The number of para-hydroxylation sites is 1. The molecule has 0 fully saturated rings. The molecule has 0 bridgehead atoms. The van der Waals surface area contributed by atoms with Gasteiger partial charge in [-0.05, 0) is 64.7 Å². The van der Waals surface area contributed by atoms with E-state index in [0.29, 0.717) is 11.3 Å². The van der Waals surface area contributed by atoms with E-state index in [0.717, 1.165) is 26.0 Å². The minimum absolute atomic E-state index is 0.0292. The molecule has 0 unspecified atom stereocenters. The molecule has 2 N–H and O–H groups in total. The Morgan fingerprint density at radius 3 is 2.63 bits per heavy atom. The molecule has 98 valence electrons. The zero-order valence-corrected chi connectivity index (χ0v) is 13.2. The fraction of sp³-hybridized carbons (Fsp3) is 0.0714. The molecule has 2 aromatic carbocycles. The van der Waals surface area contributed by atoms with Crippen molar-refractivity contribution in [2.75, 3.05) is 12.8 Å². The topological polar surface area (TPSA) is 52.3 Å². The Balaban J connectivity index is 2.21. The Morgan fingerprint density at radius 2 is 2.00 bits per heavy atom. The van der Waals surface area contributed by atoms with Crippen LogP contribution >= 0.6 is 34.4 Å². The van der Waals surface area contributed by atoms with E-state index < -0.39 is 0 Å². The van der Waals surface area contributed by atoms with Crippen molar-refractivity contribution < 1.29 is 9.53 Å². The molecule has 0 atom stereocenters. The third kappa shape index (κ3) is 3.42. The van der Waals surface area contributed by atoms with Crippen LogP contribution in [0.5, 0.6) is 5.75 Å². The van der Waals surface area contributed by atoms with Crippen LogP contribution in [0.25, 0.3) is 0 Å². The van der Waals surface area contributed by atoms with Gasteiger partial charge in [0.25, 0.3) is 0 Å². The molecule has 0 aromatic heterocycles. The summed E-state index contributed by atoms with van der Waals surface area (Å²) in [6, 6.07) is 12.7. The number of ether oxygens (including phenoxy) is 1. The highest BCUT2D eigenvalue weighted by atomic mass is 127. The molecule has 3 nitrogen and oxygen atoms in total. The first-order chi connectivity index (χ1) is 9.11. The quantitative estimate of drug-likeness (QED) is 0.496. The molecular weight excluding hydrogens is 373 g/mol. The predicted molar refractivity (Wildman–Crippen MR) is 86.8 cm³/mol. The molecule has 0 aliphatic rings. The number of anilines is 1. The molecule has 5 heteroatoms. The monoisotopic (exact) mass is 385 g/mol. The maximum absolute atomic E-state index is 12.2. The fourth-order valence-electron chi connectivity index (χ4n) is 1.53. The van der Waals surface area contributed by atoms with Crippen molar-refractivity contribution in [2.45, 2.75) is 4.90 Å². The van der Waals surface area contributed by atoms with E-state index in [1.165, 1.54) is 0 Å². The molecule has 0 aliphatic carbocycles. The minimum atomic E-state index is -0.0292. The minimum Gasteiger partial charge on any atom is -0.496 e. The van der Waals surface area contributed by atoms with E-state index in [1.54, 1.807) is 25.3 Å². The average Bonchev–Trinajstić information content (AvgIpc) is 2.41. The van der Waals surface area contributed by atoms with E-state index >= 15 is 0 Å². The second kappa shape index (κ2) is 6.29. The number of methoxy groups -OCH3 is 1. The number of halogens is 1. The number of hydrogen-bond acceptors (Lipinski definition) is 4. The summed E-state index contributed by atoms with van der Waals surface area (Å²) in [6.45, 7) is 0. The van der Waals surface area contributed by atoms with Crippen molar-refractivity contribution in [3.63, 3.8) is 0 Å². The highest BCUT2D eigenvalue weighted by Crippen LogP contribution is 2.29. The Bertz CT molecular complexity index is 616. The van der Waals surface area contributed by atoms with Crippen molar-refractivity contribution in [1.29, 1.82) is 0 Å². The highest BCUT2D eigenvalue weighted by Gasteiger charge is 2.12. The molecule has 0 heterocycles. The molecule has 0 amide bonds. The van der Waals surface area contributed by atoms with Gasteiger partial charge in [0.1, 0.15) is 5.75 Å². The van der Waals surface area contributed by atoms with Gasteiger partial charge in [-0.3, -0.25) is 4.79 Å². The Hall–Kier alpha value is -1.21. The molecule has 0 saturated carbocycles. The van der Waals surface area contributed by atoms with Crippen LogP contribution in [0, 0.1) is 3.57 Å². The number of benzene rings is 2. The summed E-state index contributed by atoms with van der Waals surface area (Å²) in [5, 5.41) is -0.0292. The van der Waals surface area contributed by atoms with Crippen LogP contribution in [0.3, 0.4) is 0 Å². The number of rotatable bonds is 3. The van der Waals surface area contributed by atoms with Crippen LogP contribution in [0.4, 0.5) is 5.69 Å². The van der Waals surface area contributed by atoms with E-state index in [4.69, 9.17) is 10.5 Å². The lowest BCUT2D eigenvalue weighted by Crippen LogP contribution is -1.97. The zero-order valence-electron chi connectivity index (χ0n) is 10.2. The lowest BCUT2D eigenvalue weighted by Gasteiger charge is -2.06. The van der Waals surface area contributed by atoms with Gasteiger partial charge in [-0.15, -0.1) is 0 Å². The largest absolute Gasteiger partial charge is 0.496 e. The fourth-order valence-corrected chi connectivity index (χ4v) is 3.04. The van der Waals surface area contributed by atoms with Crippen LogP contribution in [-0.4, -0.2) is 12.2 Å². The lowest BCUT2D eigenvalue weighted by atomic mass is 10.2. The van der Waals surface area contributed by atoms with Crippen LogP contribution < -0.4 is 10.5 Å². The normalized spacial score (nSPS) is 10.2. The van der Waals surface area contributed by atoms with Crippen LogP contribution in [0.1, 0.15) is 10.4 Å². The van der Waals surface area contributed by atoms with E-state index in [-0.39, 0.29) is 5.12 Å². The van der Waals surface area contributed by atoms with Crippen molar-refractivity contribution in [3.8, 4) is 5.75 Å². The van der Waals surface area contributed by atoms with Gasteiger partial charge in [-0.2, -0.15) is 0 Å². The Morgan fingerprint density at radius 1 is 1.26 bits per heavy atom. The second-order valence-electron chi connectivity index (χ2n) is 3.78. The molecule has 0 spiro atoms. The Labute approximate surface area is 129 Å². The van der Waals surface area contributed by atoms with Crippen LogP contribution in [0.15, 0.2) is 47.4 Å². The number of nitrogen functional groups attached to an aromatic ring is 1. The number of nitrogens with two attached hydrogens (primary N) is 1. The third-order valence-corrected chi connectivity index (χ3v) is 4.36. The van der Waals surface area contributed by atoms with Crippen molar-refractivity contribution in [2.24, 2.45) is 0 Å². The standard InChI is InChI=1S/C14H12INO2S/c1-18-12-7-6-9(8-10(12)15)14(17)19-13-5-3-2-4-11(13)16/h2-8H,16H2,1H3. The smallest absolute Gasteiger partial charge is 0.224 e. The van der Waals surface area contributed by atoms with E-state index in [9.17, 15) is 4.79 Å². The van der Waals surface area contributed by atoms with Gasteiger partial charge in [0, 0.05) is 16.1 Å². The molecule has 19 heavy (non-hydrogen) atoms. The van der Waals surface area contributed by atoms with Crippen molar-refractivity contribution in [1.82, 2.24) is 0 Å². The van der Waals surface area contributed by atoms with Gasteiger partial charge in [-0.1, -0.05) is 12.1 Å². The number of hydrogen-bond donors (Lipinski definition) is 1. The van der Waals surface area contributed by atoms with Gasteiger partial charge in [0.05, 0.1) is 10.7 Å². The number of carbonyl (C=O) groups excluding carboxylic acids is 1. The predicted octanol–water partition coefficient (Wildman–Crippen LogP) is 3.81. The first-order valence-corrected chi connectivity index (χ1v) is 7.41. The molecule has 2 aromatic rings. The van der Waals surface area contributed by atoms with Gasteiger partial charge in [-0.25, -0.2) is 0 Å². The first kappa shape index (κ1) is 14.2.